The third-order valence-electron chi connectivity index (χ3n) is 5.21. The standard InChI is InChI=1S/C28H38O6S/c1-5-7-17-31-27(23-13-9-11-15-25(23)33-21(3)29)19-35-20-28(32-18-8-6-2)24-14-10-12-16-26(24)34-22(4)30/h9-16,27-28H,5-8,17-20H2,1-4H3. The molecule has 0 aliphatic carbocycles. The largest absolute Gasteiger partial charge is 0.426 e. The quantitative estimate of drug-likeness (QED) is 0.144. The van der Waals surface area contributed by atoms with Gasteiger partial charge >= 0.3 is 11.9 Å². The van der Waals surface area contributed by atoms with E-state index >= 15 is 0 Å². The Morgan fingerprint density at radius 1 is 0.714 bits per heavy atom. The predicted octanol–water partition coefficient (Wildman–Crippen LogP) is 6.69. The minimum Gasteiger partial charge on any atom is -0.426 e. The molecule has 0 bridgehead atoms. The number of benzene rings is 2. The molecule has 2 atom stereocenters. The highest BCUT2D eigenvalue weighted by Crippen LogP contribution is 2.35. The first-order valence-corrected chi connectivity index (χ1v) is 13.5. The molecule has 0 saturated carbocycles. The topological polar surface area (TPSA) is 71.1 Å². The van der Waals surface area contributed by atoms with Gasteiger partial charge in [0.1, 0.15) is 11.5 Å². The van der Waals surface area contributed by atoms with Crippen molar-refractivity contribution in [1.29, 1.82) is 0 Å². The van der Waals surface area contributed by atoms with E-state index in [0.29, 0.717) is 36.2 Å². The Kier molecular flexibility index (Phi) is 13.5. The number of esters is 2. The number of para-hydroxylation sites is 2. The van der Waals surface area contributed by atoms with Crippen LogP contribution in [0.25, 0.3) is 0 Å². The van der Waals surface area contributed by atoms with E-state index in [0.717, 1.165) is 36.8 Å². The third-order valence-corrected chi connectivity index (χ3v) is 6.29. The van der Waals surface area contributed by atoms with Crippen LogP contribution in [0.5, 0.6) is 11.5 Å². The lowest BCUT2D eigenvalue weighted by atomic mass is 10.1. The summed E-state index contributed by atoms with van der Waals surface area (Å²) in [5.41, 5.74) is 1.71. The molecule has 2 aromatic rings. The van der Waals surface area contributed by atoms with E-state index in [9.17, 15) is 9.59 Å². The number of carbonyl (C=O) groups is 2. The van der Waals surface area contributed by atoms with Crippen molar-refractivity contribution in [2.45, 2.75) is 65.6 Å². The minimum atomic E-state index is -0.358. The maximum atomic E-state index is 11.6. The molecule has 0 fully saturated rings. The Morgan fingerprint density at radius 2 is 1.11 bits per heavy atom. The molecule has 0 aliphatic rings. The number of hydrogen-bond acceptors (Lipinski definition) is 7. The zero-order valence-electron chi connectivity index (χ0n) is 21.3. The maximum Gasteiger partial charge on any atom is 0.308 e. The van der Waals surface area contributed by atoms with Crippen LogP contribution in [0.15, 0.2) is 48.5 Å². The lowest BCUT2D eigenvalue weighted by Gasteiger charge is -2.23. The number of rotatable bonds is 16. The van der Waals surface area contributed by atoms with Crippen LogP contribution in [-0.4, -0.2) is 36.7 Å². The molecule has 7 heteroatoms. The molecule has 6 nitrogen and oxygen atoms in total. The van der Waals surface area contributed by atoms with Gasteiger partial charge in [-0.2, -0.15) is 11.8 Å². The predicted molar refractivity (Wildman–Crippen MR) is 140 cm³/mol. The molecule has 0 aliphatic heterocycles. The molecule has 0 aromatic heterocycles. The molecule has 0 amide bonds. The van der Waals surface area contributed by atoms with Gasteiger partial charge in [-0.25, -0.2) is 0 Å². The molecular weight excluding hydrogens is 464 g/mol. The average Bonchev–Trinajstić information content (AvgIpc) is 2.82. The highest BCUT2D eigenvalue weighted by molar-refractivity contribution is 7.99. The van der Waals surface area contributed by atoms with Crippen LogP contribution >= 0.6 is 11.8 Å². The summed E-state index contributed by atoms with van der Waals surface area (Å²) in [4.78, 5) is 23.2. The van der Waals surface area contributed by atoms with Crippen molar-refractivity contribution in [3.05, 3.63) is 59.7 Å². The molecule has 2 rings (SSSR count). The van der Waals surface area contributed by atoms with Gasteiger partial charge in [-0.05, 0) is 25.0 Å². The molecule has 0 saturated heterocycles. The summed E-state index contributed by atoms with van der Waals surface area (Å²) in [6, 6.07) is 15.0. The zero-order chi connectivity index (χ0) is 25.5. The summed E-state index contributed by atoms with van der Waals surface area (Å²) in [6.07, 6.45) is 3.51. The van der Waals surface area contributed by atoms with E-state index < -0.39 is 0 Å². The smallest absolute Gasteiger partial charge is 0.308 e. The minimum absolute atomic E-state index is 0.234. The Balaban J connectivity index is 2.18. The fraction of sp³-hybridized carbons (Fsp3) is 0.500. The number of unbranched alkanes of at least 4 members (excludes halogenated alkanes) is 2. The molecule has 0 spiro atoms. The average molecular weight is 503 g/mol. The highest BCUT2D eigenvalue weighted by Gasteiger charge is 2.22. The van der Waals surface area contributed by atoms with Crippen LogP contribution in [0.1, 0.15) is 76.7 Å². The maximum absolute atomic E-state index is 11.6. The van der Waals surface area contributed by atoms with E-state index in [4.69, 9.17) is 18.9 Å². The summed E-state index contributed by atoms with van der Waals surface area (Å²) in [7, 11) is 0. The second-order valence-corrected chi connectivity index (χ2v) is 9.30. The van der Waals surface area contributed by atoms with Gasteiger partial charge in [-0.1, -0.05) is 63.1 Å². The summed E-state index contributed by atoms with van der Waals surface area (Å²) in [5, 5.41) is 0. The van der Waals surface area contributed by atoms with Crippen molar-refractivity contribution in [2.75, 3.05) is 24.7 Å². The van der Waals surface area contributed by atoms with Crippen LogP contribution in [0, 0.1) is 0 Å². The lowest BCUT2D eigenvalue weighted by molar-refractivity contribution is -0.133. The van der Waals surface area contributed by atoms with Crippen LogP contribution in [0.3, 0.4) is 0 Å². The second kappa shape index (κ2) is 16.3. The number of carbonyl (C=O) groups excluding carboxylic acids is 2. The zero-order valence-corrected chi connectivity index (χ0v) is 22.1. The van der Waals surface area contributed by atoms with Crippen molar-refractivity contribution in [2.24, 2.45) is 0 Å². The lowest BCUT2D eigenvalue weighted by Crippen LogP contribution is -2.15. The third kappa shape index (κ3) is 10.4. The van der Waals surface area contributed by atoms with Gasteiger partial charge < -0.3 is 18.9 Å². The molecule has 0 radical (unpaired) electrons. The first-order chi connectivity index (χ1) is 17.0. The Morgan fingerprint density at radius 3 is 1.49 bits per heavy atom. The van der Waals surface area contributed by atoms with Crippen molar-refractivity contribution >= 4 is 23.7 Å². The SMILES string of the molecule is CCCCOC(CSCC(OCCCC)c1ccccc1OC(C)=O)c1ccccc1OC(C)=O. The fourth-order valence-electron chi connectivity index (χ4n) is 3.47. The van der Waals surface area contributed by atoms with E-state index in [2.05, 4.69) is 13.8 Å². The molecule has 0 N–H and O–H groups in total. The van der Waals surface area contributed by atoms with E-state index in [1.165, 1.54) is 13.8 Å². The summed E-state index contributed by atoms with van der Waals surface area (Å²) < 4.78 is 23.4. The van der Waals surface area contributed by atoms with Crippen molar-refractivity contribution < 1.29 is 28.5 Å². The van der Waals surface area contributed by atoms with Crippen LogP contribution in [0.2, 0.25) is 0 Å². The summed E-state index contributed by atoms with van der Waals surface area (Å²) in [5.74, 6) is 1.65. The van der Waals surface area contributed by atoms with Gasteiger partial charge in [0.05, 0.1) is 12.2 Å². The van der Waals surface area contributed by atoms with E-state index in [1.54, 1.807) is 23.9 Å². The Bertz CT molecular complexity index is 842. The molecule has 192 valence electrons. The fourth-order valence-corrected chi connectivity index (χ4v) is 4.58. The van der Waals surface area contributed by atoms with Gasteiger partial charge in [0.2, 0.25) is 0 Å². The number of thioether (sulfide) groups is 1. The van der Waals surface area contributed by atoms with Gasteiger partial charge in [0.25, 0.3) is 0 Å². The first-order valence-electron chi connectivity index (χ1n) is 12.3. The molecule has 0 heterocycles. The Labute approximate surface area is 213 Å². The monoisotopic (exact) mass is 502 g/mol. The van der Waals surface area contributed by atoms with Gasteiger partial charge in [0.15, 0.2) is 0 Å². The van der Waals surface area contributed by atoms with Crippen molar-refractivity contribution in [3.8, 4) is 11.5 Å². The van der Waals surface area contributed by atoms with Crippen LogP contribution in [0.4, 0.5) is 0 Å². The normalized spacial score (nSPS) is 12.7. The highest BCUT2D eigenvalue weighted by atomic mass is 32.2. The summed E-state index contributed by atoms with van der Waals surface area (Å²) >= 11 is 1.70. The van der Waals surface area contributed by atoms with E-state index in [1.807, 2.05) is 36.4 Å². The Hall–Kier alpha value is -2.35. The molecular formula is C28H38O6S. The molecule has 2 aromatic carbocycles. The number of ether oxygens (including phenoxy) is 4. The molecule has 35 heavy (non-hydrogen) atoms. The van der Waals surface area contributed by atoms with E-state index in [-0.39, 0.29) is 24.1 Å². The van der Waals surface area contributed by atoms with Gasteiger partial charge in [-0.15, -0.1) is 0 Å². The van der Waals surface area contributed by atoms with Crippen LogP contribution in [-0.2, 0) is 19.1 Å². The van der Waals surface area contributed by atoms with Crippen molar-refractivity contribution in [1.82, 2.24) is 0 Å². The van der Waals surface area contributed by atoms with Gasteiger partial charge in [0, 0.05) is 49.7 Å². The summed E-state index contributed by atoms with van der Waals surface area (Å²) in [6.45, 7) is 8.30. The molecule has 2 unspecified atom stereocenters. The number of hydrogen-bond donors (Lipinski definition) is 0. The van der Waals surface area contributed by atoms with Crippen molar-refractivity contribution in [3.63, 3.8) is 0 Å². The van der Waals surface area contributed by atoms with Crippen LogP contribution < -0.4 is 9.47 Å². The first kappa shape index (κ1) is 28.9. The van der Waals surface area contributed by atoms with Gasteiger partial charge in [-0.3, -0.25) is 9.59 Å². The second-order valence-electron chi connectivity index (χ2n) is 8.23.